The van der Waals surface area contributed by atoms with E-state index < -0.39 is 0 Å². The molecule has 2 N–H and O–H groups in total. The number of carbonyl (C=O) groups excluding carboxylic acids is 1. The van der Waals surface area contributed by atoms with Gasteiger partial charge in [0.1, 0.15) is 6.54 Å². The Morgan fingerprint density at radius 3 is 2.64 bits per heavy atom. The van der Waals surface area contributed by atoms with Gasteiger partial charge in [-0.15, -0.1) is 0 Å². The number of nitrogens with two attached hydrogens (primary N) is 1. The summed E-state index contributed by atoms with van der Waals surface area (Å²) in [4.78, 5) is 28.1. The van der Waals surface area contributed by atoms with Crippen LogP contribution >= 0.6 is 0 Å². The topological polar surface area (TPSA) is 89.5 Å². The van der Waals surface area contributed by atoms with Crippen LogP contribution in [0.25, 0.3) is 21.8 Å². The lowest BCUT2D eigenvalue weighted by molar-refractivity contribution is -0.135. The first-order valence-corrected chi connectivity index (χ1v) is 15.8. The van der Waals surface area contributed by atoms with Gasteiger partial charge in [-0.05, 0) is 74.6 Å². The molecule has 3 aromatic heterocycles. The minimum absolute atomic E-state index is 0.136. The van der Waals surface area contributed by atoms with Crippen molar-refractivity contribution in [1.29, 1.82) is 0 Å². The minimum atomic E-state index is 0.136. The third kappa shape index (κ3) is 5.43. The molecule has 2 aliphatic carbocycles. The molecule has 0 radical (unpaired) electrons. The average molecular weight is 567 g/mol. The lowest BCUT2D eigenvalue weighted by Crippen LogP contribution is -2.42. The van der Waals surface area contributed by atoms with Crippen molar-refractivity contribution in [1.82, 2.24) is 24.3 Å². The number of nitrogens with zero attached hydrogens (tertiary/aromatic N) is 5. The molecule has 3 aliphatic rings. The number of ether oxygens (including phenoxy) is 1. The molecular weight excluding hydrogens is 524 g/mol. The third-order valence-corrected chi connectivity index (χ3v) is 9.76. The molecule has 42 heavy (non-hydrogen) atoms. The molecule has 0 unspecified atom stereocenters. The molecule has 0 bridgehead atoms. The molecule has 4 aromatic rings. The largest absolute Gasteiger partial charge is 0.378 e. The Balaban J connectivity index is 1.28. The molecule has 1 atom stereocenters. The second kappa shape index (κ2) is 12.1. The van der Waals surface area contributed by atoms with E-state index in [0.717, 1.165) is 60.9 Å². The highest BCUT2D eigenvalue weighted by molar-refractivity contribution is 6.09. The van der Waals surface area contributed by atoms with Gasteiger partial charge in [0.05, 0.1) is 36.2 Å². The molecular formula is C34H42N6O2. The molecule has 8 nitrogen and oxygen atoms in total. The quantitative estimate of drug-likeness (QED) is 0.344. The van der Waals surface area contributed by atoms with Crippen LogP contribution in [0.4, 0.5) is 0 Å². The zero-order chi connectivity index (χ0) is 28.5. The van der Waals surface area contributed by atoms with Crippen molar-refractivity contribution in [3.8, 4) is 0 Å². The van der Waals surface area contributed by atoms with Crippen molar-refractivity contribution in [2.24, 2.45) is 11.7 Å². The number of aromatic nitrogens is 3. The van der Waals surface area contributed by atoms with Crippen molar-refractivity contribution < 1.29 is 9.53 Å². The summed E-state index contributed by atoms with van der Waals surface area (Å²) in [5.41, 5.74) is 12.1. The summed E-state index contributed by atoms with van der Waals surface area (Å²) in [6.07, 6.45) is 11.8. The number of morpholine rings is 1. The van der Waals surface area contributed by atoms with Crippen LogP contribution in [-0.2, 0) is 29.0 Å². The van der Waals surface area contributed by atoms with Crippen LogP contribution in [0.1, 0.15) is 61.5 Å². The lowest BCUT2D eigenvalue weighted by atomic mass is 9.84. The first-order chi connectivity index (χ1) is 20.7. The molecule has 220 valence electrons. The van der Waals surface area contributed by atoms with Gasteiger partial charge < -0.3 is 19.9 Å². The predicted molar refractivity (Wildman–Crippen MR) is 165 cm³/mol. The van der Waals surface area contributed by atoms with Crippen LogP contribution < -0.4 is 5.73 Å². The molecule has 1 saturated heterocycles. The molecule has 1 amide bonds. The van der Waals surface area contributed by atoms with Crippen LogP contribution in [0.15, 0.2) is 54.9 Å². The number of rotatable bonds is 7. The summed E-state index contributed by atoms with van der Waals surface area (Å²) in [6, 6.07) is 15.5. The number of aryl methyl sites for hydroxylation is 1. The van der Waals surface area contributed by atoms with Gasteiger partial charge in [-0.1, -0.05) is 24.3 Å². The standard InChI is InChI=1S/C34H42N6O2/c35-26-12-10-24(11-13-26)21-39(31-9-3-5-25-6-4-15-37-33(25)31)22-29-34-28(14-16-36-29)27-7-1-2-8-30(27)40(34)23-32(41)38-17-19-42-20-18-38/h1-2,4,6-8,14-16,24,26,31H,3,5,9-13,17-23,35H2/t24?,26?,31-/m0/s1. The molecule has 4 heterocycles. The number of pyridine rings is 2. The summed E-state index contributed by atoms with van der Waals surface area (Å²) < 4.78 is 7.73. The highest BCUT2D eigenvalue weighted by Gasteiger charge is 2.31. The van der Waals surface area contributed by atoms with Gasteiger partial charge in [-0.2, -0.15) is 0 Å². The summed E-state index contributed by atoms with van der Waals surface area (Å²) in [7, 11) is 0. The van der Waals surface area contributed by atoms with Crippen molar-refractivity contribution in [2.45, 2.75) is 70.1 Å². The fourth-order valence-electron chi connectivity index (χ4n) is 7.54. The van der Waals surface area contributed by atoms with Gasteiger partial charge in [-0.3, -0.25) is 19.7 Å². The maximum Gasteiger partial charge on any atom is 0.242 e. The van der Waals surface area contributed by atoms with Gasteiger partial charge in [0.15, 0.2) is 0 Å². The number of hydrogen-bond acceptors (Lipinski definition) is 6. The van der Waals surface area contributed by atoms with Crippen LogP contribution in [0, 0.1) is 5.92 Å². The van der Waals surface area contributed by atoms with Crippen molar-refractivity contribution in [3.63, 3.8) is 0 Å². The van der Waals surface area contributed by atoms with E-state index in [1.54, 1.807) is 0 Å². The van der Waals surface area contributed by atoms with E-state index in [1.165, 1.54) is 35.9 Å². The molecule has 1 aliphatic heterocycles. The molecule has 7 rings (SSSR count). The van der Waals surface area contributed by atoms with E-state index in [1.807, 2.05) is 17.3 Å². The zero-order valence-electron chi connectivity index (χ0n) is 24.5. The van der Waals surface area contributed by atoms with E-state index in [0.29, 0.717) is 44.8 Å². The maximum atomic E-state index is 13.6. The Labute approximate surface area is 247 Å². The molecule has 8 heteroatoms. The highest BCUT2D eigenvalue weighted by atomic mass is 16.5. The van der Waals surface area contributed by atoms with Gasteiger partial charge in [-0.25, -0.2) is 0 Å². The molecule has 2 fully saturated rings. The van der Waals surface area contributed by atoms with E-state index >= 15 is 0 Å². The SMILES string of the molecule is NC1CCC(CN(Cc2nccc3c4ccccc4n(CC(=O)N4CCOCC4)c23)[C@H]2CCCc3cccnc32)CC1. The van der Waals surface area contributed by atoms with E-state index in [-0.39, 0.29) is 11.9 Å². The number of benzene rings is 1. The van der Waals surface area contributed by atoms with Crippen molar-refractivity contribution in [3.05, 3.63) is 71.8 Å². The first kappa shape index (κ1) is 27.5. The van der Waals surface area contributed by atoms with Gasteiger partial charge in [0.25, 0.3) is 0 Å². The Kier molecular flexibility index (Phi) is 7.93. The van der Waals surface area contributed by atoms with Crippen LogP contribution in [0.2, 0.25) is 0 Å². The van der Waals surface area contributed by atoms with Crippen LogP contribution in [0.3, 0.4) is 0 Å². The third-order valence-electron chi connectivity index (χ3n) is 9.76. The van der Waals surface area contributed by atoms with Gasteiger partial charge in [0.2, 0.25) is 5.91 Å². The number of fused-ring (bicyclic) bond motifs is 4. The number of para-hydroxylation sites is 1. The maximum absolute atomic E-state index is 13.6. The number of amides is 1. The van der Waals surface area contributed by atoms with Gasteiger partial charge >= 0.3 is 0 Å². The summed E-state index contributed by atoms with van der Waals surface area (Å²) in [5, 5.41) is 2.33. The summed E-state index contributed by atoms with van der Waals surface area (Å²) in [5.74, 6) is 0.753. The number of hydrogen-bond donors (Lipinski definition) is 1. The normalized spacial score (nSPS) is 23.0. The minimum Gasteiger partial charge on any atom is -0.378 e. The Morgan fingerprint density at radius 1 is 0.952 bits per heavy atom. The van der Waals surface area contributed by atoms with E-state index in [9.17, 15) is 4.79 Å². The monoisotopic (exact) mass is 566 g/mol. The first-order valence-electron chi connectivity index (χ1n) is 15.8. The van der Waals surface area contributed by atoms with Gasteiger partial charge in [0, 0.05) is 60.9 Å². The fraction of sp³-hybridized carbons (Fsp3) is 0.500. The average Bonchev–Trinajstić information content (AvgIpc) is 3.36. The highest BCUT2D eigenvalue weighted by Crippen LogP contribution is 2.38. The summed E-state index contributed by atoms with van der Waals surface area (Å²) in [6.45, 7) is 4.54. The molecule has 1 aromatic carbocycles. The Bertz CT molecular complexity index is 1550. The fourth-order valence-corrected chi connectivity index (χ4v) is 7.54. The Hall–Kier alpha value is -3.33. The zero-order valence-corrected chi connectivity index (χ0v) is 24.5. The van der Waals surface area contributed by atoms with Crippen molar-refractivity contribution in [2.75, 3.05) is 32.8 Å². The lowest BCUT2D eigenvalue weighted by Gasteiger charge is -2.38. The Morgan fingerprint density at radius 2 is 1.79 bits per heavy atom. The van der Waals surface area contributed by atoms with Crippen LogP contribution in [-0.4, -0.2) is 69.1 Å². The van der Waals surface area contributed by atoms with Crippen molar-refractivity contribution >= 4 is 27.7 Å². The molecule has 0 spiro atoms. The second-order valence-electron chi connectivity index (χ2n) is 12.4. The molecule has 1 saturated carbocycles. The van der Waals surface area contributed by atoms with E-state index in [4.69, 9.17) is 20.4 Å². The second-order valence-corrected chi connectivity index (χ2v) is 12.4. The number of carbonyl (C=O) groups is 1. The van der Waals surface area contributed by atoms with E-state index in [2.05, 4.69) is 51.9 Å². The predicted octanol–water partition coefficient (Wildman–Crippen LogP) is 4.84. The summed E-state index contributed by atoms with van der Waals surface area (Å²) >= 11 is 0. The smallest absolute Gasteiger partial charge is 0.242 e. The van der Waals surface area contributed by atoms with Crippen LogP contribution in [0.5, 0.6) is 0 Å².